The summed E-state index contributed by atoms with van der Waals surface area (Å²) in [5, 5.41) is 2.84. The number of benzene rings is 2. The highest BCUT2D eigenvalue weighted by atomic mass is 32.2. The number of nitrogens with one attached hydrogen (secondary N) is 2. The summed E-state index contributed by atoms with van der Waals surface area (Å²) in [6.07, 6.45) is 1.48. The molecule has 174 valence electrons. The molecule has 3 aromatic rings. The van der Waals surface area contributed by atoms with Crippen molar-refractivity contribution in [1.29, 1.82) is 0 Å². The van der Waals surface area contributed by atoms with Crippen molar-refractivity contribution < 1.29 is 17.6 Å². The Labute approximate surface area is 194 Å². The minimum absolute atomic E-state index is 0.0169. The lowest BCUT2D eigenvalue weighted by Crippen LogP contribution is -2.46. The molecule has 33 heavy (non-hydrogen) atoms. The molecule has 4 rings (SSSR count). The number of hydrogen-bond donors (Lipinski definition) is 2. The van der Waals surface area contributed by atoms with Crippen LogP contribution in [0.1, 0.15) is 23.0 Å². The number of nitrogens with zero attached hydrogens (tertiary/aromatic N) is 2. The van der Waals surface area contributed by atoms with E-state index < -0.39 is 10.0 Å². The highest BCUT2D eigenvalue weighted by Gasteiger charge is 2.18. The number of furan rings is 1. The van der Waals surface area contributed by atoms with Crippen LogP contribution in [0.15, 0.2) is 76.2 Å². The summed E-state index contributed by atoms with van der Waals surface area (Å²) in [6.45, 7) is 7.33. The standard InChI is InChI=1S/C24H28N4O4S/c1-2-27-12-14-28(15-13-27)21-10-8-20(9-11-21)26-24(29)19-5-3-7-23(17-19)33(30,31)25-18-22-6-4-16-32-22/h3-11,16-17,25H,2,12-15,18H2,1H3,(H,26,29). The minimum atomic E-state index is -3.79. The fraction of sp³-hybridized carbons (Fsp3) is 0.292. The maximum atomic E-state index is 12.7. The number of sulfonamides is 1. The number of anilines is 2. The first-order valence-corrected chi connectivity index (χ1v) is 12.4. The molecule has 1 fully saturated rings. The quantitative estimate of drug-likeness (QED) is 0.527. The molecule has 2 N–H and O–H groups in total. The van der Waals surface area contributed by atoms with Gasteiger partial charge >= 0.3 is 0 Å². The lowest BCUT2D eigenvalue weighted by molar-refractivity contribution is 0.102. The second-order valence-electron chi connectivity index (χ2n) is 7.85. The number of likely N-dealkylation sites (N-methyl/N-ethyl adjacent to an activating group) is 1. The van der Waals surface area contributed by atoms with Gasteiger partial charge in [-0.05, 0) is 61.1 Å². The summed E-state index contributed by atoms with van der Waals surface area (Å²) >= 11 is 0. The normalized spacial score (nSPS) is 14.9. The molecule has 9 heteroatoms. The first-order valence-electron chi connectivity index (χ1n) is 11.0. The van der Waals surface area contributed by atoms with Gasteiger partial charge in [0.25, 0.3) is 5.91 Å². The first kappa shape index (κ1) is 23.0. The fourth-order valence-electron chi connectivity index (χ4n) is 3.75. The van der Waals surface area contributed by atoms with Crippen molar-refractivity contribution in [3.05, 3.63) is 78.3 Å². The molecule has 0 bridgehead atoms. The number of carbonyl (C=O) groups is 1. The van der Waals surface area contributed by atoms with E-state index in [1.807, 2.05) is 24.3 Å². The van der Waals surface area contributed by atoms with Crippen molar-refractivity contribution in [3.8, 4) is 0 Å². The van der Waals surface area contributed by atoms with Crippen molar-refractivity contribution in [2.45, 2.75) is 18.4 Å². The van der Waals surface area contributed by atoms with Gasteiger partial charge in [-0.25, -0.2) is 13.1 Å². The summed E-state index contributed by atoms with van der Waals surface area (Å²) in [5.74, 6) is 0.130. The van der Waals surface area contributed by atoms with E-state index in [1.54, 1.807) is 24.3 Å². The molecule has 1 aliphatic heterocycles. The van der Waals surface area contributed by atoms with Gasteiger partial charge in [-0.2, -0.15) is 0 Å². The molecule has 0 aliphatic carbocycles. The molecule has 0 saturated carbocycles. The van der Waals surface area contributed by atoms with Crippen LogP contribution in [0.2, 0.25) is 0 Å². The molecule has 2 heterocycles. The molecular formula is C24H28N4O4S. The monoisotopic (exact) mass is 468 g/mol. The molecule has 1 amide bonds. The molecule has 0 atom stereocenters. The summed E-state index contributed by atoms with van der Waals surface area (Å²) in [4.78, 5) is 17.5. The van der Waals surface area contributed by atoms with Gasteiger partial charge in [-0.1, -0.05) is 13.0 Å². The third-order valence-corrected chi connectivity index (χ3v) is 7.13. The zero-order valence-electron chi connectivity index (χ0n) is 18.5. The van der Waals surface area contributed by atoms with Crippen LogP contribution in [0, 0.1) is 0 Å². The lowest BCUT2D eigenvalue weighted by atomic mass is 10.2. The molecule has 0 unspecified atom stereocenters. The topological polar surface area (TPSA) is 94.9 Å². The van der Waals surface area contributed by atoms with E-state index in [4.69, 9.17) is 4.42 Å². The van der Waals surface area contributed by atoms with Crippen LogP contribution in [-0.2, 0) is 16.6 Å². The molecule has 1 aromatic heterocycles. The molecule has 1 saturated heterocycles. The van der Waals surface area contributed by atoms with E-state index in [0.29, 0.717) is 11.4 Å². The molecular weight excluding hydrogens is 440 g/mol. The SMILES string of the molecule is CCN1CCN(c2ccc(NC(=O)c3cccc(S(=O)(=O)NCc4ccco4)c3)cc2)CC1. The van der Waals surface area contributed by atoms with Gasteiger partial charge in [0, 0.05) is 43.1 Å². The summed E-state index contributed by atoms with van der Waals surface area (Å²) in [5.41, 5.74) is 2.04. The van der Waals surface area contributed by atoms with E-state index in [1.165, 1.54) is 18.4 Å². The average molecular weight is 469 g/mol. The van der Waals surface area contributed by atoms with Gasteiger partial charge < -0.3 is 19.5 Å². The van der Waals surface area contributed by atoms with E-state index in [2.05, 4.69) is 26.8 Å². The minimum Gasteiger partial charge on any atom is -0.468 e. The van der Waals surface area contributed by atoms with Gasteiger partial charge in [-0.3, -0.25) is 4.79 Å². The van der Waals surface area contributed by atoms with Crippen LogP contribution in [-0.4, -0.2) is 51.9 Å². The Balaban J connectivity index is 1.38. The lowest BCUT2D eigenvalue weighted by Gasteiger charge is -2.35. The van der Waals surface area contributed by atoms with Gasteiger partial charge in [0.2, 0.25) is 10.0 Å². The molecule has 8 nitrogen and oxygen atoms in total. The largest absolute Gasteiger partial charge is 0.468 e. The molecule has 0 spiro atoms. The van der Waals surface area contributed by atoms with Gasteiger partial charge in [0.1, 0.15) is 5.76 Å². The fourth-order valence-corrected chi connectivity index (χ4v) is 4.79. The number of amides is 1. The van der Waals surface area contributed by atoms with Gasteiger partial charge in [-0.15, -0.1) is 0 Å². The van der Waals surface area contributed by atoms with Gasteiger partial charge in [0.15, 0.2) is 0 Å². The third-order valence-electron chi connectivity index (χ3n) is 5.73. The zero-order chi connectivity index (χ0) is 23.3. The second-order valence-corrected chi connectivity index (χ2v) is 9.62. The van der Waals surface area contributed by atoms with Crippen molar-refractivity contribution in [1.82, 2.24) is 9.62 Å². The highest BCUT2D eigenvalue weighted by Crippen LogP contribution is 2.20. The Kier molecular flexibility index (Phi) is 7.12. The van der Waals surface area contributed by atoms with Crippen LogP contribution in [0.5, 0.6) is 0 Å². The number of carbonyl (C=O) groups excluding carboxylic acids is 1. The van der Waals surface area contributed by atoms with Crippen LogP contribution >= 0.6 is 0 Å². The predicted molar refractivity (Wildman–Crippen MR) is 128 cm³/mol. The first-order chi connectivity index (χ1) is 15.9. The van der Waals surface area contributed by atoms with E-state index in [9.17, 15) is 13.2 Å². The molecule has 1 aliphatic rings. The Morgan fingerprint density at radius 3 is 2.42 bits per heavy atom. The molecule has 2 aromatic carbocycles. The highest BCUT2D eigenvalue weighted by molar-refractivity contribution is 7.89. The number of hydrogen-bond acceptors (Lipinski definition) is 6. The smallest absolute Gasteiger partial charge is 0.255 e. The average Bonchev–Trinajstić information content (AvgIpc) is 3.37. The van der Waals surface area contributed by atoms with Crippen molar-refractivity contribution in [2.75, 3.05) is 42.9 Å². The summed E-state index contributed by atoms with van der Waals surface area (Å²) in [6, 6.07) is 17.0. The van der Waals surface area contributed by atoms with Crippen LogP contribution in [0.25, 0.3) is 0 Å². The Hall–Kier alpha value is -3.14. The third kappa shape index (κ3) is 5.81. The Morgan fingerprint density at radius 1 is 1.00 bits per heavy atom. The second kappa shape index (κ2) is 10.2. The van der Waals surface area contributed by atoms with E-state index >= 15 is 0 Å². The predicted octanol–water partition coefficient (Wildman–Crippen LogP) is 3.15. The Bertz CT molecular complexity index is 1170. The van der Waals surface area contributed by atoms with Crippen LogP contribution < -0.4 is 14.9 Å². The zero-order valence-corrected chi connectivity index (χ0v) is 19.3. The van der Waals surface area contributed by atoms with Gasteiger partial charge in [0.05, 0.1) is 17.7 Å². The number of piperazine rings is 1. The molecule has 0 radical (unpaired) electrons. The maximum absolute atomic E-state index is 12.7. The number of rotatable bonds is 8. The maximum Gasteiger partial charge on any atom is 0.255 e. The Morgan fingerprint density at radius 2 is 1.76 bits per heavy atom. The van der Waals surface area contributed by atoms with E-state index in [-0.39, 0.29) is 22.9 Å². The van der Waals surface area contributed by atoms with Crippen LogP contribution in [0.3, 0.4) is 0 Å². The summed E-state index contributed by atoms with van der Waals surface area (Å²) < 4.78 is 32.8. The van der Waals surface area contributed by atoms with E-state index in [0.717, 1.165) is 38.4 Å². The van der Waals surface area contributed by atoms with Crippen LogP contribution in [0.4, 0.5) is 11.4 Å². The van der Waals surface area contributed by atoms with Crippen molar-refractivity contribution >= 4 is 27.3 Å². The summed E-state index contributed by atoms with van der Waals surface area (Å²) in [7, 11) is -3.79. The van der Waals surface area contributed by atoms with Crippen molar-refractivity contribution in [2.24, 2.45) is 0 Å². The van der Waals surface area contributed by atoms with Crippen molar-refractivity contribution in [3.63, 3.8) is 0 Å².